The van der Waals surface area contributed by atoms with Gasteiger partial charge in [-0.25, -0.2) is 0 Å². The van der Waals surface area contributed by atoms with Gasteiger partial charge in [0.15, 0.2) is 0 Å². The normalized spacial score (nSPS) is 17.8. The zero-order valence-electron chi connectivity index (χ0n) is 16.1. The molecule has 1 fully saturated rings. The topological polar surface area (TPSA) is 58.6 Å². The molecule has 5 nitrogen and oxygen atoms in total. The average Bonchev–Trinajstić information content (AvgIpc) is 2.86. The predicted octanol–water partition coefficient (Wildman–Crippen LogP) is 3.14. The Morgan fingerprint density at radius 2 is 2.00 bits per heavy atom. The molecule has 2 rings (SSSR count). The van der Waals surface area contributed by atoms with Gasteiger partial charge in [-0.05, 0) is 37.2 Å². The summed E-state index contributed by atoms with van der Waals surface area (Å²) in [5, 5.41) is 3.04. The van der Waals surface area contributed by atoms with Gasteiger partial charge in [-0.2, -0.15) is 0 Å². The number of nitrogens with one attached hydrogen (secondary N) is 1. The smallest absolute Gasteiger partial charge is 0.246 e. The second-order valence-electron chi connectivity index (χ2n) is 7.51. The maximum atomic E-state index is 12.4. The van der Waals surface area contributed by atoms with Crippen LogP contribution in [0.1, 0.15) is 51.5 Å². The highest BCUT2D eigenvalue weighted by Crippen LogP contribution is 2.14. The van der Waals surface area contributed by atoms with Crippen LogP contribution in [0.5, 0.6) is 0 Å². The summed E-state index contributed by atoms with van der Waals surface area (Å²) in [6.45, 7) is 6.16. The fourth-order valence-corrected chi connectivity index (χ4v) is 3.16. The van der Waals surface area contributed by atoms with Crippen molar-refractivity contribution in [1.82, 2.24) is 10.2 Å². The van der Waals surface area contributed by atoms with Crippen molar-refractivity contribution in [2.75, 3.05) is 19.7 Å². The fourth-order valence-electron chi connectivity index (χ4n) is 3.16. The Morgan fingerprint density at radius 3 is 2.73 bits per heavy atom. The Morgan fingerprint density at radius 1 is 1.23 bits per heavy atom. The van der Waals surface area contributed by atoms with Gasteiger partial charge in [-0.1, -0.05) is 44.2 Å². The molecule has 1 heterocycles. The molecule has 5 heteroatoms. The highest BCUT2D eigenvalue weighted by Gasteiger charge is 2.23. The van der Waals surface area contributed by atoms with Gasteiger partial charge < -0.3 is 15.0 Å². The molecule has 1 unspecified atom stereocenters. The summed E-state index contributed by atoms with van der Waals surface area (Å²) in [5.74, 6) is 0.630. The number of likely N-dealkylation sites (tertiary alicyclic amines) is 1. The van der Waals surface area contributed by atoms with Crippen LogP contribution in [0.3, 0.4) is 0 Å². The lowest BCUT2D eigenvalue weighted by Crippen LogP contribution is -2.45. The number of carbonyl (C=O) groups is 2. The minimum absolute atomic E-state index is 0.0216. The van der Waals surface area contributed by atoms with Gasteiger partial charge >= 0.3 is 0 Å². The maximum absolute atomic E-state index is 12.4. The van der Waals surface area contributed by atoms with Gasteiger partial charge in [-0.3, -0.25) is 9.59 Å². The van der Waals surface area contributed by atoms with Crippen LogP contribution in [-0.2, 0) is 20.9 Å². The van der Waals surface area contributed by atoms with Crippen molar-refractivity contribution in [3.8, 4) is 0 Å². The molecule has 0 saturated carbocycles. The Bertz CT molecular complexity index is 560. The molecule has 0 aliphatic carbocycles. The first-order valence-electron chi connectivity index (χ1n) is 9.73. The van der Waals surface area contributed by atoms with E-state index in [0.29, 0.717) is 25.5 Å². The summed E-state index contributed by atoms with van der Waals surface area (Å²) in [4.78, 5) is 26.5. The molecule has 0 radical (unpaired) electrons. The Kier molecular flexibility index (Phi) is 8.62. The molecular weight excluding hydrogens is 328 g/mol. The van der Waals surface area contributed by atoms with Crippen molar-refractivity contribution < 1.29 is 14.3 Å². The predicted molar refractivity (Wildman–Crippen MR) is 103 cm³/mol. The standard InChI is InChI=1S/C21H32N2O3/c1-17(2)11-12-21(25)23-13-7-6-10-19(14-23)22-20(24)16-26-15-18-8-4-3-5-9-18/h3-5,8-9,17,19H,6-7,10-16H2,1-2H3,(H,22,24). The second-order valence-corrected chi connectivity index (χ2v) is 7.51. The number of amides is 2. The van der Waals surface area contributed by atoms with E-state index in [1.165, 1.54) is 0 Å². The Labute approximate surface area is 157 Å². The first kappa shape index (κ1) is 20.4. The third kappa shape index (κ3) is 7.56. The van der Waals surface area contributed by atoms with E-state index in [0.717, 1.165) is 37.8 Å². The monoisotopic (exact) mass is 360 g/mol. The van der Waals surface area contributed by atoms with E-state index in [9.17, 15) is 9.59 Å². The summed E-state index contributed by atoms with van der Waals surface area (Å²) in [5.41, 5.74) is 1.05. The van der Waals surface area contributed by atoms with Gasteiger partial charge in [0.05, 0.1) is 6.61 Å². The van der Waals surface area contributed by atoms with Crippen LogP contribution in [0.4, 0.5) is 0 Å². The zero-order valence-corrected chi connectivity index (χ0v) is 16.1. The molecule has 1 aromatic rings. The Balaban J connectivity index is 1.74. The van der Waals surface area contributed by atoms with Crippen molar-refractivity contribution >= 4 is 11.8 Å². The average molecular weight is 360 g/mol. The van der Waals surface area contributed by atoms with Gasteiger partial charge in [0.25, 0.3) is 0 Å². The van der Waals surface area contributed by atoms with Crippen LogP contribution in [-0.4, -0.2) is 42.5 Å². The number of benzene rings is 1. The third-order valence-electron chi connectivity index (χ3n) is 4.67. The van der Waals surface area contributed by atoms with E-state index in [4.69, 9.17) is 4.74 Å². The minimum Gasteiger partial charge on any atom is -0.367 e. The quantitative estimate of drug-likeness (QED) is 0.775. The first-order chi connectivity index (χ1) is 12.5. The lowest BCUT2D eigenvalue weighted by molar-refractivity contribution is -0.133. The van der Waals surface area contributed by atoms with Crippen molar-refractivity contribution in [2.45, 2.75) is 58.6 Å². The minimum atomic E-state index is -0.109. The van der Waals surface area contributed by atoms with E-state index in [1.54, 1.807) is 0 Å². The molecule has 1 aromatic carbocycles. The van der Waals surface area contributed by atoms with E-state index >= 15 is 0 Å². The van der Waals surface area contributed by atoms with Gasteiger partial charge in [0.1, 0.15) is 6.61 Å². The van der Waals surface area contributed by atoms with E-state index < -0.39 is 0 Å². The largest absolute Gasteiger partial charge is 0.367 e. The van der Waals surface area contributed by atoms with Crippen LogP contribution in [0.2, 0.25) is 0 Å². The molecule has 1 atom stereocenters. The van der Waals surface area contributed by atoms with Crippen LogP contribution in [0.25, 0.3) is 0 Å². The summed E-state index contributed by atoms with van der Waals surface area (Å²) < 4.78 is 5.50. The molecular formula is C21H32N2O3. The molecule has 144 valence electrons. The molecule has 26 heavy (non-hydrogen) atoms. The van der Waals surface area contributed by atoms with Crippen LogP contribution < -0.4 is 5.32 Å². The Hall–Kier alpha value is -1.88. The van der Waals surface area contributed by atoms with Gasteiger partial charge in [0.2, 0.25) is 11.8 Å². The highest BCUT2D eigenvalue weighted by atomic mass is 16.5. The summed E-state index contributed by atoms with van der Waals surface area (Å²) in [6.07, 6.45) is 4.46. The number of hydrogen-bond donors (Lipinski definition) is 1. The van der Waals surface area contributed by atoms with Crippen LogP contribution >= 0.6 is 0 Å². The molecule has 2 amide bonds. The van der Waals surface area contributed by atoms with Gasteiger partial charge in [0, 0.05) is 25.6 Å². The van der Waals surface area contributed by atoms with Crippen molar-refractivity contribution in [1.29, 1.82) is 0 Å². The molecule has 0 aromatic heterocycles. The summed E-state index contributed by atoms with van der Waals surface area (Å²) in [7, 11) is 0. The van der Waals surface area contributed by atoms with Crippen molar-refractivity contribution in [3.05, 3.63) is 35.9 Å². The third-order valence-corrected chi connectivity index (χ3v) is 4.67. The number of nitrogens with zero attached hydrogens (tertiary/aromatic N) is 1. The highest BCUT2D eigenvalue weighted by molar-refractivity contribution is 5.78. The molecule has 1 aliphatic heterocycles. The van der Waals surface area contributed by atoms with Gasteiger partial charge in [-0.15, -0.1) is 0 Å². The lowest BCUT2D eigenvalue weighted by Gasteiger charge is -2.25. The first-order valence-corrected chi connectivity index (χ1v) is 9.73. The summed E-state index contributed by atoms with van der Waals surface area (Å²) in [6, 6.07) is 9.84. The SMILES string of the molecule is CC(C)CCC(=O)N1CCCCC(NC(=O)COCc2ccccc2)C1. The lowest BCUT2D eigenvalue weighted by atomic mass is 10.1. The number of rotatable bonds is 8. The fraction of sp³-hybridized carbons (Fsp3) is 0.619. The van der Waals surface area contributed by atoms with Crippen molar-refractivity contribution in [3.63, 3.8) is 0 Å². The molecule has 1 N–H and O–H groups in total. The van der Waals surface area contributed by atoms with E-state index in [1.807, 2.05) is 35.2 Å². The van der Waals surface area contributed by atoms with E-state index in [2.05, 4.69) is 19.2 Å². The number of carbonyl (C=O) groups excluding carboxylic acids is 2. The maximum Gasteiger partial charge on any atom is 0.246 e. The number of hydrogen-bond acceptors (Lipinski definition) is 3. The second kappa shape index (κ2) is 11.0. The molecule has 1 aliphatic rings. The van der Waals surface area contributed by atoms with Crippen LogP contribution in [0, 0.1) is 5.92 Å². The molecule has 1 saturated heterocycles. The summed E-state index contributed by atoms with van der Waals surface area (Å²) >= 11 is 0. The van der Waals surface area contributed by atoms with Crippen LogP contribution in [0.15, 0.2) is 30.3 Å². The zero-order chi connectivity index (χ0) is 18.8. The molecule has 0 bridgehead atoms. The number of ether oxygens (including phenoxy) is 1. The van der Waals surface area contributed by atoms with E-state index in [-0.39, 0.29) is 24.5 Å². The van der Waals surface area contributed by atoms with Crippen molar-refractivity contribution in [2.24, 2.45) is 5.92 Å². The molecule has 0 spiro atoms.